The van der Waals surface area contributed by atoms with Gasteiger partial charge in [0.05, 0.1) is 16.3 Å². The van der Waals surface area contributed by atoms with E-state index in [1.807, 2.05) is 6.08 Å². The van der Waals surface area contributed by atoms with E-state index in [4.69, 9.17) is 29.5 Å². The van der Waals surface area contributed by atoms with E-state index in [1.165, 1.54) is 0 Å². The minimum atomic E-state index is -0.815. The molecule has 0 aromatic heterocycles. The van der Waals surface area contributed by atoms with Crippen LogP contribution in [-0.4, -0.2) is 46.4 Å². The topological polar surface area (TPSA) is 114 Å². The van der Waals surface area contributed by atoms with Gasteiger partial charge in [0, 0.05) is 43.3 Å². The van der Waals surface area contributed by atoms with Crippen LogP contribution < -0.4 is 16.8 Å². The van der Waals surface area contributed by atoms with Crippen LogP contribution in [0.5, 0.6) is 0 Å². The van der Waals surface area contributed by atoms with Crippen LogP contribution in [0.1, 0.15) is 57.8 Å². The van der Waals surface area contributed by atoms with E-state index < -0.39 is 6.10 Å². The molecule has 192 valence electrons. The molecule has 0 heterocycles. The lowest BCUT2D eigenvalue weighted by Gasteiger charge is -2.20. The van der Waals surface area contributed by atoms with Crippen molar-refractivity contribution in [2.45, 2.75) is 74.1 Å². The highest BCUT2D eigenvalue weighted by Crippen LogP contribution is 2.26. The first kappa shape index (κ1) is 33.1. The molecule has 0 aromatic rings. The molecule has 6 N–H and O–H groups in total. The number of carbonyl (C=O) groups is 1. The second-order valence-electron chi connectivity index (χ2n) is 7.49. The Morgan fingerprint density at radius 1 is 1.14 bits per heavy atom. The smallest absolute Gasteiger partial charge is 0.220 e. The summed E-state index contributed by atoms with van der Waals surface area (Å²) in [6.45, 7) is 1.25. The van der Waals surface area contributed by atoms with E-state index in [-0.39, 0.29) is 22.1 Å². The van der Waals surface area contributed by atoms with Gasteiger partial charge in [-0.05, 0) is 44.3 Å². The summed E-state index contributed by atoms with van der Waals surface area (Å²) in [5.41, 5.74) is 10.5. The van der Waals surface area contributed by atoms with Gasteiger partial charge >= 0.3 is 0 Å². The number of nitrogens with zero attached hydrogens (tertiary/aromatic N) is 1. The van der Waals surface area contributed by atoms with Gasteiger partial charge in [-0.1, -0.05) is 61.6 Å². The number of aliphatic imine (C=N–C) groups is 1. The minimum Gasteiger partial charge on any atom is -0.387 e. The largest absolute Gasteiger partial charge is 0.387 e. The summed E-state index contributed by atoms with van der Waals surface area (Å²) >= 11 is 13.2. The molecule has 0 fully saturated rings. The van der Waals surface area contributed by atoms with Crippen LogP contribution in [0.25, 0.3) is 0 Å². The van der Waals surface area contributed by atoms with Crippen molar-refractivity contribution >= 4 is 55.3 Å². The van der Waals surface area contributed by atoms with Crippen LogP contribution in [0.15, 0.2) is 27.7 Å². The number of halogens is 3. The molecular formula is C26H35Br2ClN4O2. The van der Waals surface area contributed by atoms with Gasteiger partial charge in [0.15, 0.2) is 5.96 Å². The molecule has 0 radical (unpaired) electrons. The van der Waals surface area contributed by atoms with Crippen LogP contribution in [0.2, 0.25) is 0 Å². The molecule has 0 rings (SSSR count). The third-order valence-electron chi connectivity index (χ3n) is 4.47. The molecule has 0 aliphatic heterocycles. The van der Waals surface area contributed by atoms with Crippen molar-refractivity contribution in [3.63, 3.8) is 0 Å². The second-order valence-corrected chi connectivity index (χ2v) is 10.0. The maximum Gasteiger partial charge on any atom is 0.220 e. The minimum absolute atomic E-state index is 0.0182. The number of terminal acetylenes is 1. The molecule has 0 bridgehead atoms. The van der Waals surface area contributed by atoms with E-state index in [2.05, 4.69) is 71.8 Å². The molecular weight excluding hydrogens is 596 g/mol. The lowest BCUT2D eigenvalue weighted by Crippen LogP contribution is -2.29. The Labute approximate surface area is 232 Å². The molecule has 0 saturated carbocycles. The van der Waals surface area contributed by atoms with Crippen molar-refractivity contribution in [1.82, 2.24) is 5.32 Å². The van der Waals surface area contributed by atoms with Gasteiger partial charge in [0.2, 0.25) is 5.91 Å². The zero-order valence-electron chi connectivity index (χ0n) is 19.9. The van der Waals surface area contributed by atoms with Gasteiger partial charge in [-0.3, -0.25) is 9.79 Å². The number of hydrogen-bond acceptors (Lipinski definition) is 3. The van der Waals surface area contributed by atoms with Crippen molar-refractivity contribution in [2.75, 3.05) is 13.1 Å². The number of amides is 1. The maximum atomic E-state index is 11.9. The standard InChI is InChI=1S/C26H35Br2ClN4O2/c1-2-3-4-5-6-7-8-9-11-17-22(29)24(28)25(35)21(27)16-12-13-18-23(34)32-19-14-10-15-20-33-26(30)31/h1,7-8,16,22,24-25,35H,3-4,10,12-15,17-20H2,(H,32,34)(H4,30,31,33)/b8-7+,21-16+/t22-,24+,25-/m1/s1. The number of hydrogen-bond donors (Lipinski definition) is 4. The van der Waals surface area contributed by atoms with Crippen molar-refractivity contribution < 1.29 is 9.90 Å². The summed E-state index contributed by atoms with van der Waals surface area (Å²) in [6.07, 6.45) is 15.7. The average molecular weight is 631 g/mol. The lowest BCUT2D eigenvalue weighted by atomic mass is 10.1. The van der Waals surface area contributed by atoms with E-state index in [0.717, 1.165) is 19.3 Å². The number of aliphatic hydroxyl groups excluding tert-OH is 1. The zero-order chi connectivity index (χ0) is 26.3. The van der Waals surface area contributed by atoms with Crippen LogP contribution in [0.4, 0.5) is 0 Å². The number of rotatable bonds is 15. The summed E-state index contributed by atoms with van der Waals surface area (Å²) < 4.78 is 0.626. The van der Waals surface area contributed by atoms with Gasteiger partial charge in [-0.15, -0.1) is 23.9 Å². The Bertz CT molecular complexity index is 872. The fourth-order valence-electron chi connectivity index (χ4n) is 2.59. The lowest BCUT2D eigenvalue weighted by molar-refractivity contribution is -0.121. The number of allylic oxidation sites excluding steroid dienone is 3. The number of alkyl halides is 2. The van der Waals surface area contributed by atoms with Gasteiger partial charge < -0.3 is 21.9 Å². The summed E-state index contributed by atoms with van der Waals surface area (Å²) in [6, 6.07) is 0. The molecule has 0 aliphatic rings. The number of guanidine groups is 1. The fourth-order valence-corrected chi connectivity index (χ4v) is 4.14. The average Bonchev–Trinajstić information content (AvgIpc) is 2.83. The molecule has 6 nitrogen and oxygen atoms in total. The van der Waals surface area contributed by atoms with Gasteiger partial charge in [-0.25, -0.2) is 0 Å². The molecule has 3 atom stereocenters. The first-order valence-electron chi connectivity index (χ1n) is 11.5. The summed E-state index contributed by atoms with van der Waals surface area (Å²) in [5.74, 6) is 14.3. The SMILES string of the molecule is C#CCCC#C/C=C/C#CC[C@@H](Cl)[C@H](Br)[C@H](O)/C(Br)=C\CCCC(=O)NCCCCCN=C(N)N. The maximum absolute atomic E-state index is 11.9. The van der Waals surface area contributed by atoms with Crippen molar-refractivity contribution in [1.29, 1.82) is 0 Å². The Morgan fingerprint density at radius 2 is 1.86 bits per heavy atom. The fraction of sp³-hybridized carbons (Fsp3) is 0.538. The number of nitrogens with two attached hydrogens (primary N) is 2. The third kappa shape index (κ3) is 20.0. The highest BCUT2D eigenvalue weighted by atomic mass is 79.9. The predicted molar refractivity (Wildman–Crippen MR) is 154 cm³/mol. The van der Waals surface area contributed by atoms with Gasteiger partial charge in [-0.2, -0.15) is 0 Å². The number of aliphatic hydroxyl groups is 1. The summed E-state index contributed by atoms with van der Waals surface area (Å²) in [5, 5.41) is 13.0. The van der Waals surface area contributed by atoms with Crippen molar-refractivity contribution in [3.8, 4) is 36.0 Å². The summed E-state index contributed by atoms with van der Waals surface area (Å²) in [7, 11) is 0. The molecule has 0 saturated heterocycles. The number of nitrogens with one attached hydrogen (secondary N) is 1. The molecule has 0 aliphatic carbocycles. The van der Waals surface area contributed by atoms with E-state index in [1.54, 1.807) is 12.2 Å². The Balaban J connectivity index is 4.15. The highest BCUT2D eigenvalue weighted by molar-refractivity contribution is 9.12. The Morgan fingerprint density at radius 3 is 2.54 bits per heavy atom. The van der Waals surface area contributed by atoms with Crippen LogP contribution in [0, 0.1) is 36.0 Å². The molecule has 0 unspecified atom stereocenters. The Hall–Kier alpha value is -1.89. The summed E-state index contributed by atoms with van der Waals surface area (Å²) in [4.78, 5) is 15.5. The third-order valence-corrected chi connectivity index (χ3v) is 7.14. The first-order chi connectivity index (χ1) is 16.8. The number of unbranched alkanes of at least 4 members (excludes halogenated alkanes) is 4. The number of carbonyl (C=O) groups excluding carboxylic acids is 1. The van der Waals surface area contributed by atoms with E-state index in [9.17, 15) is 9.90 Å². The van der Waals surface area contributed by atoms with Crippen LogP contribution in [-0.2, 0) is 4.79 Å². The van der Waals surface area contributed by atoms with Gasteiger partial charge in [0.1, 0.15) is 0 Å². The molecule has 9 heteroatoms. The molecule has 0 aromatic carbocycles. The monoisotopic (exact) mass is 628 g/mol. The first-order valence-corrected chi connectivity index (χ1v) is 13.6. The zero-order valence-corrected chi connectivity index (χ0v) is 23.8. The van der Waals surface area contributed by atoms with Crippen LogP contribution >= 0.6 is 43.5 Å². The highest BCUT2D eigenvalue weighted by Gasteiger charge is 2.25. The quantitative estimate of drug-likeness (QED) is 0.0718. The molecule has 1 amide bonds. The van der Waals surface area contributed by atoms with E-state index >= 15 is 0 Å². The van der Waals surface area contributed by atoms with Crippen LogP contribution in [0.3, 0.4) is 0 Å². The molecule has 35 heavy (non-hydrogen) atoms. The second kappa shape index (κ2) is 22.6. The van der Waals surface area contributed by atoms with Crippen molar-refractivity contribution in [2.24, 2.45) is 16.5 Å². The van der Waals surface area contributed by atoms with Gasteiger partial charge in [0.25, 0.3) is 0 Å². The van der Waals surface area contributed by atoms with E-state index in [0.29, 0.717) is 56.1 Å². The predicted octanol–water partition coefficient (Wildman–Crippen LogP) is 4.09. The van der Waals surface area contributed by atoms with Crippen molar-refractivity contribution in [3.05, 3.63) is 22.7 Å². The molecule has 0 spiro atoms. The normalized spacial score (nSPS) is 13.4. The Kier molecular flexibility index (Phi) is 21.3.